The van der Waals surface area contributed by atoms with Gasteiger partial charge in [-0.15, -0.1) is 0 Å². The highest BCUT2D eigenvalue weighted by atomic mass is 16.1. The summed E-state index contributed by atoms with van der Waals surface area (Å²) >= 11 is 0. The number of carbonyl (C=O) groups excluding carboxylic acids is 1. The summed E-state index contributed by atoms with van der Waals surface area (Å²) < 4.78 is 0. The average Bonchev–Trinajstić information content (AvgIpc) is 3.04. The van der Waals surface area contributed by atoms with Crippen LogP contribution in [0.5, 0.6) is 0 Å². The topological polar surface area (TPSA) is 91.5 Å². The Kier molecular flexibility index (Phi) is 3.05. The minimum Gasteiger partial charge on any atom is -0.354 e. The van der Waals surface area contributed by atoms with E-state index in [0.29, 0.717) is 25.0 Å². The molecule has 0 bridgehead atoms. The molecule has 2 aliphatic rings. The highest BCUT2D eigenvalue weighted by Gasteiger charge is 2.23. The number of amides is 1. The third-order valence-electron chi connectivity index (χ3n) is 2.60. The van der Waals surface area contributed by atoms with Gasteiger partial charge in [0.2, 0.25) is 11.9 Å². The molecule has 2 fully saturated rings. The third kappa shape index (κ3) is 3.09. The van der Waals surface area contributed by atoms with Crippen LogP contribution in [0, 0.1) is 0 Å². The summed E-state index contributed by atoms with van der Waals surface area (Å²) in [5.74, 6) is 6.12. The SMILES string of the molecule is NNC(=NC1CC1)NC1CCC(=O)NC1. The van der Waals surface area contributed by atoms with Gasteiger partial charge in [-0.1, -0.05) is 0 Å². The smallest absolute Gasteiger partial charge is 0.220 e. The fraction of sp³-hybridized carbons (Fsp3) is 0.778. The Bertz CT molecular complexity index is 264. The Morgan fingerprint density at radius 2 is 2.27 bits per heavy atom. The van der Waals surface area contributed by atoms with Crippen molar-refractivity contribution in [2.75, 3.05) is 6.54 Å². The van der Waals surface area contributed by atoms with Crippen LogP contribution in [0.4, 0.5) is 0 Å². The van der Waals surface area contributed by atoms with Crippen LogP contribution in [-0.2, 0) is 4.79 Å². The highest BCUT2D eigenvalue weighted by Crippen LogP contribution is 2.23. The van der Waals surface area contributed by atoms with E-state index in [2.05, 4.69) is 21.1 Å². The number of hydrogen-bond acceptors (Lipinski definition) is 3. The molecule has 0 aromatic rings. The van der Waals surface area contributed by atoms with Crippen molar-refractivity contribution in [1.82, 2.24) is 16.1 Å². The van der Waals surface area contributed by atoms with Gasteiger partial charge < -0.3 is 10.6 Å². The van der Waals surface area contributed by atoms with Crippen LogP contribution in [0.2, 0.25) is 0 Å². The van der Waals surface area contributed by atoms with Crippen LogP contribution in [0.1, 0.15) is 25.7 Å². The molecule has 0 aromatic heterocycles. The first-order valence-electron chi connectivity index (χ1n) is 5.35. The quantitative estimate of drug-likeness (QED) is 0.201. The predicted octanol–water partition coefficient (Wildman–Crippen LogP) is -1.16. The van der Waals surface area contributed by atoms with Gasteiger partial charge in [-0.05, 0) is 19.3 Å². The molecule has 1 saturated carbocycles. The summed E-state index contributed by atoms with van der Waals surface area (Å²) in [6.07, 6.45) is 3.69. The molecule has 0 aromatic carbocycles. The summed E-state index contributed by atoms with van der Waals surface area (Å²) in [7, 11) is 0. The highest BCUT2D eigenvalue weighted by molar-refractivity contribution is 5.81. The van der Waals surface area contributed by atoms with Crippen molar-refractivity contribution in [3.05, 3.63) is 0 Å². The van der Waals surface area contributed by atoms with E-state index in [0.717, 1.165) is 19.3 Å². The molecule has 1 amide bonds. The van der Waals surface area contributed by atoms with Gasteiger partial charge in [-0.3, -0.25) is 10.2 Å². The largest absolute Gasteiger partial charge is 0.354 e. The van der Waals surface area contributed by atoms with E-state index >= 15 is 0 Å². The summed E-state index contributed by atoms with van der Waals surface area (Å²) in [4.78, 5) is 15.3. The zero-order valence-corrected chi connectivity index (χ0v) is 8.62. The van der Waals surface area contributed by atoms with Crippen LogP contribution in [0.3, 0.4) is 0 Å². The number of rotatable bonds is 2. The lowest BCUT2D eigenvalue weighted by Crippen LogP contribution is -2.52. The van der Waals surface area contributed by atoms with Crippen molar-refractivity contribution in [2.45, 2.75) is 37.8 Å². The summed E-state index contributed by atoms with van der Waals surface area (Å²) in [5, 5.41) is 6.00. The lowest BCUT2D eigenvalue weighted by molar-refractivity contribution is -0.122. The zero-order chi connectivity index (χ0) is 10.7. The first-order valence-corrected chi connectivity index (χ1v) is 5.35. The molecule has 2 rings (SSSR count). The Labute approximate surface area is 88.7 Å². The molecule has 1 aliphatic carbocycles. The summed E-state index contributed by atoms with van der Waals surface area (Å²) in [6, 6.07) is 0.665. The van der Waals surface area contributed by atoms with Crippen molar-refractivity contribution >= 4 is 11.9 Å². The standard InChI is InChI=1S/C9H17N5O/c10-14-9(12-6-1-2-6)13-7-3-4-8(15)11-5-7/h6-7H,1-5,10H2,(H,11,15)(H2,12,13,14). The minimum absolute atomic E-state index is 0.120. The lowest BCUT2D eigenvalue weighted by Gasteiger charge is -2.24. The number of guanidine groups is 1. The number of nitrogens with one attached hydrogen (secondary N) is 3. The van der Waals surface area contributed by atoms with Crippen molar-refractivity contribution in [3.63, 3.8) is 0 Å². The van der Waals surface area contributed by atoms with Crippen molar-refractivity contribution in [2.24, 2.45) is 10.8 Å². The molecule has 0 radical (unpaired) electrons. The molecule has 1 unspecified atom stereocenters. The molecule has 84 valence electrons. The molecule has 1 atom stereocenters. The van der Waals surface area contributed by atoms with Gasteiger partial charge in [0.15, 0.2) is 0 Å². The maximum atomic E-state index is 10.9. The van der Waals surface area contributed by atoms with E-state index in [1.54, 1.807) is 0 Å². The second kappa shape index (κ2) is 4.48. The molecular formula is C9H17N5O. The van der Waals surface area contributed by atoms with Gasteiger partial charge >= 0.3 is 0 Å². The number of aliphatic imine (C=N–C) groups is 1. The molecule has 6 nitrogen and oxygen atoms in total. The maximum absolute atomic E-state index is 10.9. The van der Waals surface area contributed by atoms with E-state index in [4.69, 9.17) is 5.84 Å². The predicted molar refractivity (Wildman–Crippen MR) is 56.9 cm³/mol. The summed E-state index contributed by atoms with van der Waals surface area (Å²) in [6.45, 7) is 0.643. The normalized spacial score (nSPS) is 27.1. The molecular weight excluding hydrogens is 194 g/mol. The van der Waals surface area contributed by atoms with Crippen LogP contribution >= 0.6 is 0 Å². The van der Waals surface area contributed by atoms with Crippen LogP contribution in [0.25, 0.3) is 0 Å². The molecule has 1 aliphatic heterocycles. The number of piperidine rings is 1. The Morgan fingerprint density at radius 3 is 2.80 bits per heavy atom. The zero-order valence-electron chi connectivity index (χ0n) is 8.62. The Morgan fingerprint density at radius 1 is 1.47 bits per heavy atom. The van der Waals surface area contributed by atoms with E-state index in [-0.39, 0.29) is 11.9 Å². The molecule has 1 saturated heterocycles. The number of nitrogens with zero attached hydrogens (tertiary/aromatic N) is 1. The van der Waals surface area contributed by atoms with Crippen LogP contribution in [0.15, 0.2) is 4.99 Å². The fourth-order valence-corrected chi connectivity index (χ4v) is 1.55. The fourth-order valence-electron chi connectivity index (χ4n) is 1.55. The van der Waals surface area contributed by atoms with E-state index < -0.39 is 0 Å². The molecule has 5 N–H and O–H groups in total. The van der Waals surface area contributed by atoms with Gasteiger partial charge in [0, 0.05) is 19.0 Å². The molecule has 15 heavy (non-hydrogen) atoms. The van der Waals surface area contributed by atoms with Crippen LogP contribution in [-0.4, -0.2) is 30.5 Å². The first kappa shape index (κ1) is 10.2. The van der Waals surface area contributed by atoms with Gasteiger partial charge in [0.05, 0.1) is 6.04 Å². The van der Waals surface area contributed by atoms with Gasteiger partial charge in [-0.25, -0.2) is 10.8 Å². The molecule has 6 heteroatoms. The number of carbonyl (C=O) groups is 1. The molecule has 1 heterocycles. The van der Waals surface area contributed by atoms with Crippen molar-refractivity contribution < 1.29 is 4.79 Å². The number of hydrazine groups is 1. The number of nitrogens with two attached hydrogens (primary N) is 1. The maximum Gasteiger partial charge on any atom is 0.220 e. The van der Waals surface area contributed by atoms with Gasteiger partial charge in [0.1, 0.15) is 0 Å². The molecule has 0 spiro atoms. The lowest BCUT2D eigenvalue weighted by atomic mass is 10.1. The monoisotopic (exact) mass is 211 g/mol. The second-order valence-corrected chi connectivity index (χ2v) is 4.04. The van der Waals surface area contributed by atoms with Crippen LogP contribution < -0.4 is 21.9 Å². The summed E-state index contributed by atoms with van der Waals surface area (Å²) in [5.41, 5.74) is 2.56. The van der Waals surface area contributed by atoms with Crippen molar-refractivity contribution in [1.29, 1.82) is 0 Å². The van der Waals surface area contributed by atoms with Crippen molar-refractivity contribution in [3.8, 4) is 0 Å². The van der Waals surface area contributed by atoms with E-state index in [1.165, 1.54) is 0 Å². The van der Waals surface area contributed by atoms with E-state index in [1.807, 2.05) is 0 Å². The van der Waals surface area contributed by atoms with Gasteiger partial charge in [0.25, 0.3) is 0 Å². The minimum atomic E-state index is 0.120. The van der Waals surface area contributed by atoms with E-state index in [9.17, 15) is 4.79 Å². The Hall–Kier alpha value is -1.30. The second-order valence-electron chi connectivity index (χ2n) is 4.04. The Balaban J connectivity index is 1.81. The first-order chi connectivity index (χ1) is 7.28. The number of hydrogen-bond donors (Lipinski definition) is 4. The third-order valence-corrected chi connectivity index (χ3v) is 2.60. The average molecular weight is 211 g/mol. The van der Waals surface area contributed by atoms with Gasteiger partial charge in [-0.2, -0.15) is 0 Å².